The summed E-state index contributed by atoms with van der Waals surface area (Å²) in [6, 6.07) is 11.8. The second kappa shape index (κ2) is 5.81. The van der Waals surface area contributed by atoms with E-state index >= 15 is 0 Å². The largest absolute Gasteiger partial charge is 0.494 e. The Bertz CT molecular complexity index is 789. The van der Waals surface area contributed by atoms with Crippen molar-refractivity contribution in [3.8, 4) is 17.0 Å². The van der Waals surface area contributed by atoms with Crippen LogP contribution >= 0.6 is 0 Å². The van der Waals surface area contributed by atoms with E-state index < -0.39 is 6.10 Å². The lowest BCUT2D eigenvalue weighted by Crippen LogP contribution is -1.99. The number of hydrogen-bond acceptors (Lipinski definition) is 3. The van der Waals surface area contributed by atoms with Crippen LogP contribution in [-0.4, -0.2) is 21.1 Å². The molecule has 1 atom stereocenters. The predicted molar refractivity (Wildman–Crippen MR) is 87.2 cm³/mol. The molecule has 4 heteroatoms. The first kappa shape index (κ1) is 14.6. The molecule has 3 aromatic rings. The van der Waals surface area contributed by atoms with Crippen LogP contribution in [0.25, 0.3) is 16.9 Å². The highest BCUT2D eigenvalue weighted by Crippen LogP contribution is 2.30. The molecular weight excluding hydrogens is 276 g/mol. The minimum Gasteiger partial charge on any atom is -0.494 e. The van der Waals surface area contributed by atoms with Gasteiger partial charge in [-0.2, -0.15) is 0 Å². The lowest BCUT2D eigenvalue weighted by atomic mass is 10.1. The van der Waals surface area contributed by atoms with E-state index in [-0.39, 0.29) is 0 Å². The maximum absolute atomic E-state index is 10.2. The lowest BCUT2D eigenvalue weighted by Gasteiger charge is -2.09. The Hall–Kier alpha value is -2.33. The van der Waals surface area contributed by atoms with Crippen molar-refractivity contribution in [2.75, 3.05) is 6.61 Å². The fourth-order valence-corrected chi connectivity index (χ4v) is 2.71. The standard InChI is InChI=1S/C18H20N2O2/c1-4-22-15-9-7-14(8-10-15)16-17(13(3)21)20-11-5-6-12(2)18(20)19-16/h5-11,13,21H,4H2,1-3H3. The molecule has 22 heavy (non-hydrogen) atoms. The van der Waals surface area contributed by atoms with Gasteiger partial charge in [0.25, 0.3) is 0 Å². The molecule has 0 saturated heterocycles. The third-order valence-electron chi connectivity index (χ3n) is 3.72. The summed E-state index contributed by atoms with van der Waals surface area (Å²) in [5.41, 5.74) is 4.56. The average molecular weight is 296 g/mol. The van der Waals surface area contributed by atoms with Gasteiger partial charge in [-0.1, -0.05) is 6.07 Å². The van der Waals surface area contributed by atoms with E-state index in [1.807, 2.05) is 60.8 Å². The van der Waals surface area contributed by atoms with Crippen molar-refractivity contribution in [3.63, 3.8) is 0 Å². The topological polar surface area (TPSA) is 46.8 Å². The van der Waals surface area contributed by atoms with Crippen LogP contribution in [-0.2, 0) is 0 Å². The molecule has 2 aromatic heterocycles. The summed E-state index contributed by atoms with van der Waals surface area (Å²) in [4.78, 5) is 4.74. The first-order valence-electron chi connectivity index (χ1n) is 7.50. The van der Waals surface area contributed by atoms with Crippen LogP contribution in [0.1, 0.15) is 31.2 Å². The number of hydrogen-bond donors (Lipinski definition) is 1. The minimum atomic E-state index is -0.599. The number of aromatic nitrogens is 2. The Morgan fingerprint density at radius 2 is 1.95 bits per heavy atom. The zero-order valence-electron chi connectivity index (χ0n) is 13.1. The molecule has 0 fully saturated rings. The summed E-state index contributed by atoms with van der Waals surface area (Å²) in [6.07, 6.45) is 1.34. The molecule has 1 unspecified atom stereocenters. The normalized spacial score (nSPS) is 12.5. The molecule has 0 amide bonds. The van der Waals surface area contributed by atoms with Gasteiger partial charge in [0.1, 0.15) is 11.4 Å². The van der Waals surface area contributed by atoms with Crippen molar-refractivity contribution in [2.45, 2.75) is 26.9 Å². The zero-order chi connectivity index (χ0) is 15.7. The van der Waals surface area contributed by atoms with Gasteiger partial charge in [0, 0.05) is 11.8 Å². The SMILES string of the molecule is CCOc1ccc(-c2nc3c(C)cccn3c2C(C)O)cc1. The highest BCUT2D eigenvalue weighted by molar-refractivity contribution is 5.68. The van der Waals surface area contributed by atoms with E-state index in [1.54, 1.807) is 6.92 Å². The number of rotatable bonds is 4. The Morgan fingerprint density at radius 3 is 2.59 bits per heavy atom. The van der Waals surface area contributed by atoms with E-state index in [0.29, 0.717) is 6.61 Å². The molecule has 4 nitrogen and oxygen atoms in total. The fraction of sp³-hybridized carbons (Fsp3) is 0.278. The summed E-state index contributed by atoms with van der Waals surface area (Å²) in [7, 11) is 0. The van der Waals surface area contributed by atoms with Gasteiger partial charge in [0.15, 0.2) is 0 Å². The van der Waals surface area contributed by atoms with E-state index in [0.717, 1.165) is 33.9 Å². The first-order valence-corrected chi connectivity index (χ1v) is 7.50. The highest BCUT2D eigenvalue weighted by atomic mass is 16.5. The number of pyridine rings is 1. The number of aryl methyl sites for hydroxylation is 1. The fourth-order valence-electron chi connectivity index (χ4n) is 2.71. The van der Waals surface area contributed by atoms with Gasteiger partial charge in [-0.15, -0.1) is 0 Å². The lowest BCUT2D eigenvalue weighted by molar-refractivity contribution is 0.194. The second-order valence-corrected chi connectivity index (χ2v) is 5.36. The van der Waals surface area contributed by atoms with E-state index in [4.69, 9.17) is 9.72 Å². The summed E-state index contributed by atoms with van der Waals surface area (Å²) < 4.78 is 7.44. The number of fused-ring (bicyclic) bond motifs is 1. The molecular formula is C18H20N2O2. The van der Waals surface area contributed by atoms with Crippen LogP contribution in [0, 0.1) is 6.92 Å². The van der Waals surface area contributed by atoms with Gasteiger partial charge in [-0.3, -0.25) is 0 Å². The third kappa shape index (κ3) is 2.46. The number of aliphatic hydroxyl groups excluding tert-OH is 1. The van der Waals surface area contributed by atoms with Crippen LogP contribution in [0.2, 0.25) is 0 Å². The Balaban J connectivity index is 2.17. The number of nitrogens with zero attached hydrogens (tertiary/aromatic N) is 2. The minimum absolute atomic E-state index is 0.599. The van der Waals surface area contributed by atoms with Crippen molar-refractivity contribution in [1.29, 1.82) is 0 Å². The summed E-state index contributed by atoms with van der Waals surface area (Å²) in [6.45, 7) is 6.40. The third-order valence-corrected chi connectivity index (χ3v) is 3.72. The molecule has 3 rings (SSSR count). The van der Waals surface area contributed by atoms with E-state index in [9.17, 15) is 5.11 Å². The molecule has 114 valence electrons. The number of imidazole rings is 1. The summed E-state index contributed by atoms with van der Waals surface area (Å²) in [5, 5.41) is 10.2. The summed E-state index contributed by atoms with van der Waals surface area (Å²) >= 11 is 0. The van der Waals surface area contributed by atoms with Gasteiger partial charge in [0.2, 0.25) is 0 Å². The zero-order valence-corrected chi connectivity index (χ0v) is 13.1. The van der Waals surface area contributed by atoms with Crippen molar-refractivity contribution in [3.05, 3.63) is 53.9 Å². The molecule has 1 N–H and O–H groups in total. The molecule has 0 spiro atoms. The highest BCUT2D eigenvalue weighted by Gasteiger charge is 2.18. The molecule has 0 aliphatic heterocycles. The van der Waals surface area contributed by atoms with Gasteiger partial charge >= 0.3 is 0 Å². The van der Waals surface area contributed by atoms with Crippen LogP contribution in [0.3, 0.4) is 0 Å². The predicted octanol–water partition coefficient (Wildman–Crippen LogP) is 3.76. The molecule has 0 bridgehead atoms. The van der Waals surface area contributed by atoms with Crippen LogP contribution in [0.15, 0.2) is 42.6 Å². The molecule has 2 heterocycles. The van der Waals surface area contributed by atoms with Gasteiger partial charge in [-0.25, -0.2) is 4.98 Å². The Labute approximate surface area is 130 Å². The molecule has 0 saturated carbocycles. The average Bonchev–Trinajstić information content (AvgIpc) is 2.89. The number of aliphatic hydroxyl groups is 1. The van der Waals surface area contributed by atoms with Crippen molar-refractivity contribution in [2.24, 2.45) is 0 Å². The monoisotopic (exact) mass is 296 g/mol. The van der Waals surface area contributed by atoms with Crippen LogP contribution in [0.5, 0.6) is 5.75 Å². The van der Waals surface area contributed by atoms with Crippen molar-refractivity contribution >= 4 is 5.65 Å². The molecule has 0 aliphatic rings. The number of ether oxygens (including phenoxy) is 1. The van der Waals surface area contributed by atoms with Gasteiger partial charge in [0.05, 0.1) is 24.1 Å². The van der Waals surface area contributed by atoms with Gasteiger partial charge in [-0.05, 0) is 56.7 Å². The Morgan fingerprint density at radius 1 is 1.23 bits per heavy atom. The second-order valence-electron chi connectivity index (χ2n) is 5.36. The van der Waals surface area contributed by atoms with Gasteiger partial charge < -0.3 is 14.2 Å². The number of benzene rings is 1. The smallest absolute Gasteiger partial charge is 0.140 e. The van der Waals surface area contributed by atoms with Crippen molar-refractivity contribution < 1.29 is 9.84 Å². The van der Waals surface area contributed by atoms with E-state index in [1.165, 1.54) is 0 Å². The molecule has 0 aliphatic carbocycles. The van der Waals surface area contributed by atoms with E-state index in [2.05, 4.69) is 0 Å². The quantitative estimate of drug-likeness (QED) is 0.797. The Kier molecular flexibility index (Phi) is 3.86. The molecule has 0 radical (unpaired) electrons. The maximum atomic E-state index is 10.2. The van der Waals surface area contributed by atoms with Crippen molar-refractivity contribution in [1.82, 2.24) is 9.38 Å². The molecule has 1 aromatic carbocycles. The maximum Gasteiger partial charge on any atom is 0.140 e. The van der Waals surface area contributed by atoms with Crippen LogP contribution < -0.4 is 4.74 Å². The summed E-state index contributed by atoms with van der Waals surface area (Å²) in [5.74, 6) is 0.838. The first-order chi connectivity index (χ1) is 10.6. The van der Waals surface area contributed by atoms with Crippen LogP contribution in [0.4, 0.5) is 0 Å².